The van der Waals surface area contributed by atoms with E-state index in [9.17, 15) is 0 Å². The van der Waals surface area contributed by atoms with E-state index >= 15 is 0 Å². The Morgan fingerprint density at radius 3 is 2.67 bits per heavy atom. The maximum absolute atomic E-state index is 5.60. The van der Waals surface area contributed by atoms with Crippen LogP contribution in [-0.2, 0) is 0 Å². The van der Waals surface area contributed by atoms with E-state index in [1.54, 1.807) is 12.4 Å². The lowest BCUT2D eigenvalue weighted by molar-refractivity contribution is 1.10. The highest BCUT2D eigenvalue weighted by Crippen LogP contribution is 2.16. The Labute approximate surface area is 87.9 Å². The zero-order valence-electron chi connectivity index (χ0n) is 8.44. The van der Waals surface area contributed by atoms with Gasteiger partial charge in [0.1, 0.15) is 11.5 Å². The van der Waals surface area contributed by atoms with Crippen LogP contribution in [0.2, 0.25) is 0 Å². The summed E-state index contributed by atoms with van der Waals surface area (Å²) >= 11 is 0. The lowest BCUT2D eigenvalue weighted by Gasteiger charge is -1.94. The number of H-pyrrole nitrogens is 1. The number of anilines is 1. The van der Waals surface area contributed by atoms with Crippen molar-refractivity contribution < 1.29 is 0 Å². The third kappa shape index (κ3) is 2.22. The van der Waals surface area contributed by atoms with Crippen molar-refractivity contribution in [2.75, 3.05) is 5.73 Å². The summed E-state index contributed by atoms with van der Waals surface area (Å²) in [6, 6.07) is 8.10. The molecule has 0 aliphatic heterocycles. The van der Waals surface area contributed by atoms with Crippen molar-refractivity contribution in [3.63, 3.8) is 0 Å². The molecule has 1 aromatic heterocycles. The van der Waals surface area contributed by atoms with E-state index in [1.165, 1.54) is 5.56 Å². The van der Waals surface area contributed by atoms with Gasteiger partial charge in [-0.3, -0.25) is 10.1 Å². The second-order valence-electron chi connectivity index (χ2n) is 3.34. The Bertz CT molecular complexity index is 468. The number of hydrogen-bond acceptors (Lipinski definition) is 3. The third-order valence-electron chi connectivity index (χ3n) is 2.08. The summed E-state index contributed by atoms with van der Waals surface area (Å²) in [5.41, 5.74) is 8.53. The predicted molar refractivity (Wildman–Crippen MR) is 61.4 cm³/mol. The van der Waals surface area contributed by atoms with E-state index in [0.29, 0.717) is 11.5 Å². The Morgan fingerprint density at radius 2 is 2.07 bits per heavy atom. The predicted octanol–water partition coefficient (Wildman–Crippen LogP) is 2.05. The zero-order valence-corrected chi connectivity index (χ0v) is 8.44. The smallest absolute Gasteiger partial charge is 0.145 e. The summed E-state index contributed by atoms with van der Waals surface area (Å²) in [7, 11) is 0. The normalized spacial score (nSPS) is 11.0. The molecule has 0 aliphatic rings. The van der Waals surface area contributed by atoms with Gasteiger partial charge in [0.2, 0.25) is 0 Å². The van der Waals surface area contributed by atoms with Crippen LogP contribution in [0.3, 0.4) is 0 Å². The molecule has 0 saturated carbocycles. The van der Waals surface area contributed by atoms with Crippen LogP contribution in [0, 0.1) is 6.92 Å². The van der Waals surface area contributed by atoms with E-state index in [0.717, 1.165) is 5.56 Å². The second-order valence-corrected chi connectivity index (χ2v) is 3.34. The number of aromatic amines is 1. The number of aromatic nitrogens is 2. The minimum absolute atomic E-state index is 0.485. The zero-order chi connectivity index (χ0) is 10.7. The molecule has 0 bridgehead atoms. The Balaban J connectivity index is 2.19. The van der Waals surface area contributed by atoms with Crippen LogP contribution < -0.4 is 5.73 Å². The summed E-state index contributed by atoms with van der Waals surface area (Å²) in [5, 5.41) is 6.41. The molecular formula is C11H12N4. The molecule has 0 radical (unpaired) electrons. The first-order valence-corrected chi connectivity index (χ1v) is 4.65. The van der Waals surface area contributed by atoms with Crippen molar-refractivity contribution in [3.8, 4) is 0 Å². The Morgan fingerprint density at radius 1 is 1.33 bits per heavy atom. The Kier molecular flexibility index (Phi) is 2.49. The van der Waals surface area contributed by atoms with Gasteiger partial charge in [0.05, 0.1) is 6.20 Å². The van der Waals surface area contributed by atoms with Gasteiger partial charge in [-0.25, -0.2) is 0 Å². The van der Waals surface area contributed by atoms with Crippen LogP contribution in [0.4, 0.5) is 11.5 Å². The summed E-state index contributed by atoms with van der Waals surface area (Å²) < 4.78 is 0. The van der Waals surface area contributed by atoms with Crippen LogP contribution in [0.15, 0.2) is 35.5 Å². The third-order valence-corrected chi connectivity index (χ3v) is 2.08. The second kappa shape index (κ2) is 3.96. The SMILES string of the molecule is Cc1ccc(C=Nc2cn[nH]c2N)cc1. The number of aliphatic imine (C=N–C) groups is 1. The topological polar surface area (TPSA) is 67.1 Å². The first-order valence-electron chi connectivity index (χ1n) is 4.65. The van der Waals surface area contributed by atoms with Crippen molar-refractivity contribution in [3.05, 3.63) is 41.6 Å². The monoisotopic (exact) mass is 200 g/mol. The van der Waals surface area contributed by atoms with E-state index < -0.39 is 0 Å². The van der Waals surface area contributed by atoms with Crippen LogP contribution in [0.1, 0.15) is 11.1 Å². The Hall–Kier alpha value is -2.10. The molecule has 0 spiro atoms. The fourth-order valence-corrected chi connectivity index (χ4v) is 1.19. The maximum Gasteiger partial charge on any atom is 0.145 e. The summed E-state index contributed by atoms with van der Waals surface area (Å²) in [6.07, 6.45) is 3.36. The molecule has 0 unspecified atom stereocenters. The number of benzene rings is 1. The molecule has 76 valence electrons. The summed E-state index contributed by atoms with van der Waals surface area (Å²) in [4.78, 5) is 4.22. The van der Waals surface area contributed by atoms with Gasteiger partial charge >= 0.3 is 0 Å². The highest BCUT2D eigenvalue weighted by Gasteiger charge is 1.96. The van der Waals surface area contributed by atoms with Crippen molar-refractivity contribution >= 4 is 17.7 Å². The average molecular weight is 200 g/mol. The van der Waals surface area contributed by atoms with E-state index in [-0.39, 0.29) is 0 Å². The highest BCUT2D eigenvalue weighted by atomic mass is 15.2. The standard InChI is InChI=1S/C11H12N4/c1-8-2-4-9(5-3-8)6-13-10-7-14-15-11(10)12/h2-7H,1H3,(H3,12,14,15). The number of nitrogens with one attached hydrogen (secondary N) is 1. The number of rotatable bonds is 2. The molecule has 0 amide bonds. The lowest BCUT2D eigenvalue weighted by Crippen LogP contribution is -1.84. The van der Waals surface area contributed by atoms with Crippen LogP contribution in [0.25, 0.3) is 0 Å². The molecular weight excluding hydrogens is 188 g/mol. The molecule has 1 heterocycles. The van der Waals surface area contributed by atoms with E-state index in [1.807, 2.05) is 24.3 Å². The van der Waals surface area contributed by atoms with E-state index in [2.05, 4.69) is 22.1 Å². The molecule has 4 nitrogen and oxygen atoms in total. The fourth-order valence-electron chi connectivity index (χ4n) is 1.19. The number of hydrogen-bond donors (Lipinski definition) is 2. The minimum Gasteiger partial charge on any atom is -0.382 e. The largest absolute Gasteiger partial charge is 0.382 e. The molecule has 3 N–H and O–H groups in total. The first-order chi connectivity index (χ1) is 7.25. The first kappa shape index (κ1) is 9.45. The van der Waals surface area contributed by atoms with Gasteiger partial charge in [-0.1, -0.05) is 29.8 Å². The van der Waals surface area contributed by atoms with Crippen LogP contribution >= 0.6 is 0 Å². The number of nitrogens with zero attached hydrogens (tertiary/aromatic N) is 2. The van der Waals surface area contributed by atoms with Crippen molar-refractivity contribution in [2.45, 2.75) is 6.92 Å². The van der Waals surface area contributed by atoms with Crippen molar-refractivity contribution in [1.29, 1.82) is 0 Å². The van der Waals surface area contributed by atoms with E-state index in [4.69, 9.17) is 5.73 Å². The number of nitrogen functional groups attached to an aromatic ring is 1. The molecule has 4 heteroatoms. The van der Waals surface area contributed by atoms with Gasteiger partial charge in [-0.05, 0) is 12.5 Å². The van der Waals surface area contributed by atoms with Gasteiger partial charge in [0.15, 0.2) is 0 Å². The quantitative estimate of drug-likeness (QED) is 0.728. The van der Waals surface area contributed by atoms with Crippen molar-refractivity contribution in [1.82, 2.24) is 10.2 Å². The van der Waals surface area contributed by atoms with Gasteiger partial charge in [0, 0.05) is 6.21 Å². The van der Waals surface area contributed by atoms with Gasteiger partial charge in [0.25, 0.3) is 0 Å². The molecule has 0 saturated heterocycles. The van der Waals surface area contributed by atoms with Gasteiger partial charge in [-0.2, -0.15) is 5.10 Å². The molecule has 0 atom stereocenters. The molecule has 0 aliphatic carbocycles. The molecule has 1 aromatic carbocycles. The maximum atomic E-state index is 5.60. The molecule has 15 heavy (non-hydrogen) atoms. The fraction of sp³-hybridized carbons (Fsp3) is 0.0909. The highest BCUT2D eigenvalue weighted by molar-refractivity contribution is 5.83. The summed E-state index contributed by atoms with van der Waals surface area (Å²) in [5.74, 6) is 0.485. The summed E-state index contributed by atoms with van der Waals surface area (Å²) in [6.45, 7) is 2.05. The minimum atomic E-state index is 0.485. The molecule has 2 aromatic rings. The average Bonchev–Trinajstić information content (AvgIpc) is 2.63. The van der Waals surface area contributed by atoms with Gasteiger partial charge < -0.3 is 5.73 Å². The molecule has 2 rings (SSSR count). The van der Waals surface area contributed by atoms with Crippen molar-refractivity contribution in [2.24, 2.45) is 4.99 Å². The molecule has 0 fully saturated rings. The number of nitrogens with two attached hydrogens (primary N) is 1. The number of aryl methyl sites for hydroxylation is 1. The van der Waals surface area contributed by atoms with Crippen LogP contribution in [-0.4, -0.2) is 16.4 Å². The van der Waals surface area contributed by atoms with Gasteiger partial charge in [-0.15, -0.1) is 0 Å². The van der Waals surface area contributed by atoms with Crippen LogP contribution in [0.5, 0.6) is 0 Å². The lowest BCUT2D eigenvalue weighted by atomic mass is 10.2.